The maximum absolute atomic E-state index is 12.2. The molecule has 1 N–H and O–H groups in total. The first kappa shape index (κ1) is 18.3. The molecule has 1 atom stereocenters. The summed E-state index contributed by atoms with van der Waals surface area (Å²) in [6, 6.07) is 20.0. The lowest BCUT2D eigenvalue weighted by Gasteiger charge is -2.19. The Balaban J connectivity index is 1.71. The molecule has 0 aliphatic carbocycles. The fourth-order valence-corrected chi connectivity index (χ4v) is 3.63. The molecule has 1 unspecified atom stereocenters. The molecule has 2 aromatic heterocycles. The van der Waals surface area contributed by atoms with Crippen molar-refractivity contribution < 1.29 is 13.7 Å². The van der Waals surface area contributed by atoms with E-state index in [1.807, 2.05) is 31.2 Å². The molecule has 4 rings (SSSR count). The second-order valence-electron chi connectivity index (χ2n) is 7.37. The van der Waals surface area contributed by atoms with Crippen LogP contribution in [0.15, 0.2) is 80.6 Å². The topological polar surface area (TPSA) is 47.8 Å². The molecule has 4 aromatic rings. The van der Waals surface area contributed by atoms with E-state index in [1.54, 1.807) is 12.3 Å². The van der Waals surface area contributed by atoms with Gasteiger partial charge in [0.2, 0.25) is 0 Å². The fourth-order valence-electron chi connectivity index (χ4n) is 3.63. The van der Waals surface area contributed by atoms with Crippen LogP contribution in [0, 0.1) is 13.8 Å². The van der Waals surface area contributed by atoms with E-state index in [4.69, 9.17) is 8.83 Å². The first-order chi connectivity index (χ1) is 13.6. The van der Waals surface area contributed by atoms with E-state index in [0.717, 1.165) is 35.4 Å². The molecular weight excluding hydrogens is 350 g/mol. The Hall–Kier alpha value is -3.11. The monoisotopic (exact) mass is 374 g/mol. The van der Waals surface area contributed by atoms with Crippen molar-refractivity contribution in [3.8, 4) is 0 Å². The molecule has 2 aromatic carbocycles. The molecule has 0 aliphatic rings. The van der Waals surface area contributed by atoms with Gasteiger partial charge in [-0.3, -0.25) is 0 Å². The highest BCUT2D eigenvalue weighted by atomic mass is 16.4. The molecule has 4 nitrogen and oxygen atoms in total. The Morgan fingerprint density at radius 1 is 0.857 bits per heavy atom. The van der Waals surface area contributed by atoms with Gasteiger partial charge in [-0.25, -0.2) is 4.79 Å². The van der Waals surface area contributed by atoms with Gasteiger partial charge in [0.15, 0.2) is 5.76 Å². The second-order valence-corrected chi connectivity index (χ2v) is 7.37. The van der Waals surface area contributed by atoms with Crippen LogP contribution in [-0.4, -0.2) is 0 Å². The average Bonchev–Trinajstić information content (AvgIpc) is 3.17. The Morgan fingerprint density at radius 3 is 2.39 bits per heavy atom. The minimum absolute atomic E-state index is 0.303. The van der Waals surface area contributed by atoms with Gasteiger partial charge in [-0.05, 0) is 49.2 Å². The first-order valence-corrected chi connectivity index (χ1v) is 9.52. The van der Waals surface area contributed by atoms with Gasteiger partial charge in [0.05, 0.1) is 6.26 Å². The maximum Gasteiger partial charge on any atom is 0.336 e. The summed E-state index contributed by atoms with van der Waals surface area (Å²) in [6.07, 6.45) is 1.70. The van der Waals surface area contributed by atoms with Crippen LogP contribution in [0.25, 0.3) is 11.0 Å². The maximum atomic E-state index is 12.2. The number of furan rings is 1. The standard InChI is InChI=1S/C24H23NO3/c1-17-11-22-20(13-24(26)28-23(22)12-18(17)2)15-25(16-21-9-6-10-27-21)14-19-7-4-3-5-8-19/h3-13H,14-16H2,1-2H3/p+1. The molecule has 0 radical (unpaired) electrons. The van der Waals surface area contributed by atoms with Gasteiger partial charge >= 0.3 is 5.63 Å². The van der Waals surface area contributed by atoms with Crippen LogP contribution in [0.5, 0.6) is 0 Å². The molecule has 0 saturated carbocycles. The summed E-state index contributed by atoms with van der Waals surface area (Å²) in [5.41, 5.74) is 4.93. The molecule has 0 bridgehead atoms. The van der Waals surface area contributed by atoms with Gasteiger partial charge in [-0.1, -0.05) is 30.3 Å². The van der Waals surface area contributed by atoms with Crippen molar-refractivity contribution in [2.24, 2.45) is 0 Å². The van der Waals surface area contributed by atoms with E-state index in [2.05, 4.69) is 37.3 Å². The summed E-state index contributed by atoms with van der Waals surface area (Å²) >= 11 is 0. The van der Waals surface area contributed by atoms with Crippen molar-refractivity contribution in [1.29, 1.82) is 0 Å². The lowest BCUT2D eigenvalue weighted by Crippen LogP contribution is -3.08. The SMILES string of the molecule is Cc1cc2oc(=O)cc(C[NH+](Cc3ccccc3)Cc3ccco3)c2cc1C. The fraction of sp³-hybridized carbons (Fsp3) is 0.208. The van der Waals surface area contributed by atoms with Gasteiger partial charge < -0.3 is 13.7 Å². The van der Waals surface area contributed by atoms with E-state index in [0.29, 0.717) is 12.1 Å². The summed E-state index contributed by atoms with van der Waals surface area (Å²) in [5, 5.41) is 1.01. The zero-order valence-corrected chi connectivity index (χ0v) is 16.2. The number of fused-ring (bicyclic) bond motifs is 1. The molecule has 4 heteroatoms. The van der Waals surface area contributed by atoms with Crippen molar-refractivity contribution in [2.75, 3.05) is 0 Å². The summed E-state index contributed by atoms with van der Waals surface area (Å²) in [5.74, 6) is 0.935. The summed E-state index contributed by atoms with van der Waals surface area (Å²) in [4.78, 5) is 13.5. The zero-order valence-electron chi connectivity index (χ0n) is 16.2. The third-order valence-electron chi connectivity index (χ3n) is 5.19. The largest absolute Gasteiger partial charge is 0.463 e. The predicted molar refractivity (Wildman–Crippen MR) is 109 cm³/mol. The van der Waals surface area contributed by atoms with Crippen molar-refractivity contribution in [3.63, 3.8) is 0 Å². The summed E-state index contributed by atoms with van der Waals surface area (Å²) in [7, 11) is 0. The summed E-state index contributed by atoms with van der Waals surface area (Å²) < 4.78 is 11.0. The Morgan fingerprint density at radius 2 is 1.64 bits per heavy atom. The highest BCUT2D eigenvalue weighted by Gasteiger charge is 2.17. The zero-order chi connectivity index (χ0) is 19.5. The smallest absolute Gasteiger partial charge is 0.336 e. The van der Waals surface area contributed by atoms with Crippen molar-refractivity contribution in [3.05, 3.63) is 105 Å². The van der Waals surface area contributed by atoms with Crippen LogP contribution in [0.2, 0.25) is 0 Å². The molecule has 0 aliphatic heterocycles. The molecule has 0 spiro atoms. The molecule has 142 valence electrons. The number of benzene rings is 2. The molecule has 2 heterocycles. The van der Waals surface area contributed by atoms with Crippen LogP contribution < -0.4 is 10.5 Å². The highest BCUT2D eigenvalue weighted by molar-refractivity contribution is 5.81. The van der Waals surface area contributed by atoms with Crippen molar-refractivity contribution in [2.45, 2.75) is 33.5 Å². The Labute approximate surface area is 164 Å². The van der Waals surface area contributed by atoms with E-state index < -0.39 is 0 Å². The first-order valence-electron chi connectivity index (χ1n) is 9.52. The van der Waals surface area contributed by atoms with E-state index >= 15 is 0 Å². The number of quaternary nitrogens is 1. The van der Waals surface area contributed by atoms with Crippen molar-refractivity contribution >= 4 is 11.0 Å². The number of aryl methyl sites for hydroxylation is 2. The molecular formula is C24H24NO3+. The van der Waals surface area contributed by atoms with Gasteiger partial charge in [0.25, 0.3) is 0 Å². The number of hydrogen-bond donors (Lipinski definition) is 1. The van der Waals surface area contributed by atoms with Crippen LogP contribution in [0.3, 0.4) is 0 Å². The van der Waals surface area contributed by atoms with Crippen LogP contribution in [-0.2, 0) is 19.6 Å². The minimum atomic E-state index is -0.303. The molecule has 0 amide bonds. The highest BCUT2D eigenvalue weighted by Crippen LogP contribution is 2.21. The predicted octanol–water partition coefficient (Wildman–Crippen LogP) is 3.79. The summed E-state index contributed by atoms with van der Waals surface area (Å²) in [6.45, 7) is 6.41. The van der Waals surface area contributed by atoms with Crippen molar-refractivity contribution in [1.82, 2.24) is 0 Å². The molecule has 0 saturated heterocycles. The van der Waals surface area contributed by atoms with Gasteiger partial charge in [0.1, 0.15) is 25.2 Å². The van der Waals surface area contributed by atoms with E-state index in [1.165, 1.54) is 16.0 Å². The molecule has 28 heavy (non-hydrogen) atoms. The third-order valence-corrected chi connectivity index (χ3v) is 5.19. The van der Waals surface area contributed by atoms with Crippen LogP contribution in [0.4, 0.5) is 0 Å². The van der Waals surface area contributed by atoms with Gasteiger partial charge in [0, 0.05) is 22.6 Å². The third kappa shape index (κ3) is 4.07. The quantitative estimate of drug-likeness (QED) is 0.523. The van der Waals surface area contributed by atoms with Gasteiger partial charge in [-0.2, -0.15) is 0 Å². The Kier molecular flexibility index (Phi) is 5.13. The number of hydrogen-bond acceptors (Lipinski definition) is 3. The van der Waals surface area contributed by atoms with E-state index in [-0.39, 0.29) is 5.63 Å². The van der Waals surface area contributed by atoms with Gasteiger partial charge in [-0.15, -0.1) is 0 Å². The van der Waals surface area contributed by atoms with E-state index in [9.17, 15) is 4.79 Å². The minimum Gasteiger partial charge on any atom is -0.463 e. The molecule has 0 fully saturated rings. The number of rotatable bonds is 6. The van der Waals surface area contributed by atoms with Crippen LogP contribution >= 0.6 is 0 Å². The normalized spacial score (nSPS) is 12.4. The number of nitrogens with one attached hydrogen (secondary N) is 1. The average molecular weight is 374 g/mol. The van der Waals surface area contributed by atoms with Crippen LogP contribution in [0.1, 0.15) is 28.0 Å². The second kappa shape index (κ2) is 7.87. The lowest BCUT2D eigenvalue weighted by molar-refractivity contribution is -0.942. The lowest BCUT2D eigenvalue weighted by atomic mass is 10.0. The Bertz CT molecular complexity index is 1130.